The van der Waals surface area contributed by atoms with Gasteiger partial charge in [0.25, 0.3) is 0 Å². The van der Waals surface area contributed by atoms with E-state index in [2.05, 4.69) is 10.8 Å². The molecule has 0 aromatic carbocycles. The van der Waals surface area contributed by atoms with E-state index in [-0.39, 0.29) is 77.2 Å². The quantitative estimate of drug-likeness (QED) is 0.273. The van der Waals surface area contributed by atoms with Crippen LogP contribution in [0, 0.1) is 4.91 Å². The molecule has 1 saturated heterocycles. The molecule has 6 nitrogen and oxygen atoms in total. The van der Waals surface area contributed by atoms with E-state index in [4.69, 9.17) is 5.11 Å². The minimum atomic E-state index is 0. The zero-order chi connectivity index (χ0) is 7.40. The predicted octanol–water partition coefficient (Wildman–Crippen LogP) is -6.48. The van der Waals surface area contributed by atoms with Crippen LogP contribution in [0.4, 0.5) is 0 Å². The van der Waals surface area contributed by atoms with Crippen molar-refractivity contribution in [1.82, 2.24) is 10.5 Å². The van der Waals surface area contributed by atoms with Crippen LogP contribution in [0.3, 0.4) is 0 Å². The summed E-state index contributed by atoms with van der Waals surface area (Å²) in [6.07, 6.45) is 1.94. The monoisotopic (exact) mass is 207 g/mol. The van der Waals surface area contributed by atoms with Crippen molar-refractivity contribution in [2.75, 3.05) is 13.2 Å². The zero-order valence-electron chi connectivity index (χ0n) is 8.06. The van der Waals surface area contributed by atoms with Crippen LogP contribution in [0.25, 0.3) is 0 Å². The Morgan fingerprint density at radius 2 is 2.15 bits per heavy atom. The van der Waals surface area contributed by atoms with E-state index in [1.807, 2.05) is 0 Å². The number of hydrogen-bond donors (Lipinski definition) is 2. The molecular formula is C5H11N3Na2O3. The van der Waals surface area contributed by atoms with Gasteiger partial charge in [-0.2, -0.15) is 5.01 Å². The molecule has 1 aliphatic heterocycles. The van der Waals surface area contributed by atoms with Crippen molar-refractivity contribution in [2.24, 2.45) is 5.29 Å². The molecule has 0 bridgehead atoms. The number of rotatable bonds is 3. The summed E-state index contributed by atoms with van der Waals surface area (Å²) in [6.45, 7) is 0.874. The van der Waals surface area contributed by atoms with Crippen molar-refractivity contribution in [1.29, 1.82) is 0 Å². The Morgan fingerprint density at radius 3 is 2.62 bits per heavy atom. The summed E-state index contributed by atoms with van der Waals surface area (Å²) in [4.78, 5) is 9.74. The normalized spacial score (nSPS) is 20.5. The van der Waals surface area contributed by atoms with Crippen molar-refractivity contribution < 1.29 is 69.7 Å². The maximum Gasteiger partial charge on any atom is 1.00 e. The fourth-order valence-corrected chi connectivity index (χ4v) is 1.21. The number of nitrogens with one attached hydrogen (secondary N) is 1. The Balaban J connectivity index is -0.000000333. The van der Waals surface area contributed by atoms with Crippen molar-refractivity contribution in [2.45, 2.75) is 18.9 Å². The second-order valence-corrected chi connectivity index (χ2v) is 2.36. The fraction of sp³-hybridized carbons (Fsp3) is 1.00. The number of hydrogen-bond acceptors (Lipinski definition) is 4. The summed E-state index contributed by atoms with van der Waals surface area (Å²) in [5.41, 5.74) is 2.29. The van der Waals surface area contributed by atoms with Crippen LogP contribution in [0.2, 0.25) is 0 Å². The molecule has 1 fully saturated rings. The third-order valence-corrected chi connectivity index (χ3v) is 1.76. The largest absolute Gasteiger partial charge is 2.00 e. The minimum absolute atomic E-state index is 0. The van der Waals surface area contributed by atoms with Crippen molar-refractivity contribution in [3.63, 3.8) is 0 Å². The first-order chi connectivity index (χ1) is 4.88. The Hall–Kier alpha value is 1.28. The number of nitroso groups, excluding NO2 is 1. The first-order valence-electron chi connectivity index (χ1n) is 3.34. The Bertz CT molecular complexity index is 130. The average molecular weight is 207 g/mol. The van der Waals surface area contributed by atoms with Crippen LogP contribution in [0.1, 0.15) is 12.8 Å². The maximum atomic E-state index is 9.74. The smallest absolute Gasteiger partial charge is 1.00 e. The van der Waals surface area contributed by atoms with Gasteiger partial charge in [-0.1, -0.05) is 0 Å². The molecule has 1 rings (SSSR count). The number of nitrogens with zero attached hydrogens (tertiary/aromatic N) is 2. The fourth-order valence-electron chi connectivity index (χ4n) is 1.21. The van der Waals surface area contributed by atoms with E-state index in [1.54, 1.807) is 5.01 Å². The molecule has 1 unspecified atom stereocenters. The first-order valence-corrected chi connectivity index (χ1v) is 3.34. The molecule has 66 valence electrons. The summed E-state index contributed by atoms with van der Waals surface area (Å²) in [5.74, 6) is 0. The Morgan fingerprint density at radius 1 is 1.54 bits per heavy atom. The van der Waals surface area contributed by atoms with E-state index >= 15 is 0 Å². The van der Waals surface area contributed by atoms with Crippen LogP contribution in [0.5, 0.6) is 0 Å². The van der Waals surface area contributed by atoms with Crippen LogP contribution in [0.15, 0.2) is 5.29 Å². The van der Waals surface area contributed by atoms with Gasteiger partial charge in [0.05, 0.1) is 17.9 Å². The van der Waals surface area contributed by atoms with Gasteiger partial charge in [0.2, 0.25) is 0 Å². The zero-order valence-corrected chi connectivity index (χ0v) is 12.1. The molecule has 0 spiro atoms. The Labute approximate surface area is 121 Å². The molecule has 0 amide bonds. The molecule has 13 heavy (non-hydrogen) atoms. The molecule has 1 atom stereocenters. The van der Waals surface area contributed by atoms with Crippen LogP contribution >= 0.6 is 0 Å². The van der Waals surface area contributed by atoms with Crippen LogP contribution in [-0.2, 0) is 5.48 Å². The number of hydrazine groups is 1. The van der Waals surface area contributed by atoms with E-state index < -0.39 is 0 Å². The van der Waals surface area contributed by atoms with Gasteiger partial charge in [-0.3, -0.25) is 0 Å². The van der Waals surface area contributed by atoms with Crippen LogP contribution < -0.4 is 64.6 Å². The van der Waals surface area contributed by atoms with Crippen molar-refractivity contribution >= 4 is 0 Å². The summed E-state index contributed by atoms with van der Waals surface area (Å²) >= 11 is 0. The molecule has 2 N–H and O–H groups in total. The van der Waals surface area contributed by atoms with Gasteiger partial charge >= 0.3 is 59.1 Å². The topological polar surface area (TPSA) is 93.4 Å². The van der Waals surface area contributed by atoms with E-state index in [0.717, 1.165) is 19.4 Å². The van der Waals surface area contributed by atoms with Gasteiger partial charge in [0.15, 0.2) is 0 Å². The van der Waals surface area contributed by atoms with Gasteiger partial charge in [-0.15, -0.1) is 4.91 Å². The molecule has 0 saturated carbocycles. The van der Waals surface area contributed by atoms with E-state index in [0.29, 0.717) is 0 Å². The van der Waals surface area contributed by atoms with Gasteiger partial charge in [0.1, 0.15) is 0 Å². The van der Waals surface area contributed by atoms with Gasteiger partial charge in [-0.25, -0.2) is 5.53 Å². The number of aliphatic hydroxyl groups excluding tert-OH is 1. The van der Waals surface area contributed by atoms with Gasteiger partial charge < -0.3 is 10.6 Å². The second-order valence-electron chi connectivity index (χ2n) is 2.36. The molecular weight excluding hydrogens is 196 g/mol. The average Bonchev–Trinajstić information content (AvgIpc) is 2.36. The summed E-state index contributed by atoms with van der Waals surface area (Å²) in [6, 6.07) is 0.0673. The van der Waals surface area contributed by atoms with Gasteiger partial charge in [0, 0.05) is 6.54 Å². The SMILES string of the molecule is O=NNN1CCCC1CO.[Na+].[Na+].[O-2]. The van der Waals surface area contributed by atoms with Gasteiger partial charge in [-0.05, 0) is 12.8 Å². The minimum Gasteiger partial charge on any atom is -2.00 e. The van der Waals surface area contributed by atoms with E-state index in [9.17, 15) is 4.91 Å². The molecule has 8 heteroatoms. The molecule has 1 heterocycles. The van der Waals surface area contributed by atoms with Crippen molar-refractivity contribution in [3.8, 4) is 0 Å². The van der Waals surface area contributed by atoms with E-state index in [1.165, 1.54) is 0 Å². The molecule has 0 radical (unpaired) electrons. The molecule has 0 aromatic rings. The first kappa shape index (κ1) is 19.8. The Kier molecular flexibility index (Phi) is 17.3. The summed E-state index contributed by atoms with van der Waals surface area (Å²) < 4.78 is 0. The van der Waals surface area contributed by atoms with Crippen LogP contribution in [-0.4, -0.2) is 29.3 Å². The molecule has 0 aromatic heterocycles. The standard InChI is InChI=1S/C5H11N3O2.2Na.O/c9-4-5-2-1-3-8(5)6-7-10;;;/h5,9H,1-4H2,(H,6,10);;;/q;2*+1;-2. The number of aliphatic hydroxyl groups is 1. The maximum absolute atomic E-state index is 9.74. The third-order valence-electron chi connectivity index (χ3n) is 1.76. The summed E-state index contributed by atoms with van der Waals surface area (Å²) in [5, 5.41) is 12.9. The third kappa shape index (κ3) is 6.38. The molecule has 1 aliphatic rings. The van der Waals surface area contributed by atoms with Crippen molar-refractivity contribution in [3.05, 3.63) is 4.91 Å². The predicted molar refractivity (Wildman–Crippen MR) is 36.4 cm³/mol. The molecule has 0 aliphatic carbocycles. The second kappa shape index (κ2) is 11.4. The summed E-state index contributed by atoms with van der Waals surface area (Å²) in [7, 11) is 0.